The number of benzene rings is 2. The van der Waals surface area contributed by atoms with Gasteiger partial charge >= 0.3 is 0 Å². The number of amides is 1. The van der Waals surface area contributed by atoms with E-state index in [9.17, 15) is 4.79 Å². The lowest BCUT2D eigenvalue weighted by Crippen LogP contribution is -2.36. The van der Waals surface area contributed by atoms with Crippen LogP contribution < -0.4 is 5.73 Å². The van der Waals surface area contributed by atoms with Gasteiger partial charge in [-0.1, -0.05) is 36.4 Å². The number of likely N-dealkylation sites (N-methyl/N-ethyl adjacent to an activating group) is 1. The van der Waals surface area contributed by atoms with Crippen LogP contribution in [0, 0.1) is 0 Å². The first-order valence-electron chi connectivity index (χ1n) is 7.75. The fourth-order valence-corrected chi connectivity index (χ4v) is 3.00. The Balaban J connectivity index is 0.00000192. The lowest BCUT2D eigenvalue weighted by atomic mass is 10.1. The lowest BCUT2D eigenvalue weighted by molar-refractivity contribution is -0.141. The molecule has 124 valence electrons. The van der Waals surface area contributed by atoms with Gasteiger partial charge < -0.3 is 15.4 Å². The molecular formula is C18H23ClN2O2. The van der Waals surface area contributed by atoms with E-state index in [2.05, 4.69) is 30.3 Å². The van der Waals surface area contributed by atoms with Gasteiger partial charge in [0, 0.05) is 20.1 Å². The Labute approximate surface area is 143 Å². The molecule has 1 heterocycles. The highest BCUT2D eigenvalue weighted by Gasteiger charge is 2.31. The van der Waals surface area contributed by atoms with E-state index in [-0.39, 0.29) is 30.5 Å². The van der Waals surface area contributed by atoms with Gasteiger partial charge in [-0.2, -0.15) is 0 Å². The first-order chi connectivity index (χ1) is 10.7. The standard InChI is InChI=1S/C18H22N2O2.ClH/c1-20(18(21)17-9-8-16(11-19)22-17)12-13-6-7-14-4-2-3-5-15(14)10-13;/h2-7,10,16-17H,8-9,11-12,19H2,1H3;1H/t16-,17+;/m1./s1. The molecule has 0 aromatic heterocycles. The van der Waals surface area contributed by atoms with Crippen LogP contribution in [-0.2, 0) is 16.1 Å². The van der Waals surface area contributed by atoms with Crippen LogP contribution in [0.3, 0.4) is 0 Å². The maximum Gasteiger partial charge on any atom is 0.251 e. The van der Waals surface area contributed by atoms with Crippen LogP contribution in [0.15, 0.2) is 42.5 Å². The zero-order chi connectivity index (χ0) is 15.5. The van der Waals surface area contributed by atoms with E-state index < -0.39 is 0 Å². The number of hydrogen-bond acceptors (Lipinski definition) is 3. The van der Waals surface area contributed by atoms with Crippen molar-refractivity contribution in [3.8, 4) is 0 Å². The molecular weight excluding hydrogens is 312 g/mol. The second kappa shape index (κ2) is 7.77. The number of carbonyl (C=O) groups is 1. The second-order valence-corrected chi connectivity index (χ2v) is 5.94. The van der Waals surface area contributed by atoms with Gasteiger partial charge in [-0.15, -0.1) is 12.4 Å². The fraction of sp³-hybridized carbons (Fsp3) is 0.389. The average molecular weight is 335 g/mol. The van der Waals surface area contributed by atoms with E-state index in [0.29, 0.717) is 13.1 Å². The van der Waals surface area contributed by atoms with E-state index in [1.807, 2.05) is 19.2 Å². The summed E-state index contributed by atoms with van der Waals surface area (Å²) in [5, 5.41) is 2.41. The van der Waals surface area contributed by atoms with Gasteiger partial charge in [0.2, 0.25) is 0 Å². The van der Waals surface area contributed by atoms with Crippen molar-refractivity contribution < 1.29 is 9.53 Å². The van der Waals surface area contributed by atoms with Crippen molar-refractivity contribution in [1.82, 2.24) is 4.90 Å². The third kappa shape index (κ3) is 4.02. The molecule has 3 rings (SSSR count). The summed E-state index contributed by atoms with van der Waals surface area (Å²) in [5.41, 5.74) is 6.73. The van der Waals surface area contributed by atoms with E-state index in [0.717, 1.165) is 18.4 Å². The summed E-state index contributed by atoms with van der Waals surface area (Å²) in [4.78, 5) is 14.2. The molecule has 1 aliphatic rings. The summed E-state index contributed by atoms with van der Waals surface area (Å²) < 4.78 is 5.69. The fourth-order valence-electron chi connectivity index (χ4n) is 3.00. The van der Waals surface area contributed by atoms with Crippen molar-refractivity contribution >= 4 is 29.1 Å². The number of nitrogens with two attached hydrogens (primary N) is 1. The minimum atomic E-state index is -0.334. The van der Waals surface area contributed by atoms with Crippen molar-refractivity contribution in [2.24, 2.45) is 5.73 Å². The number of carbonyl (C=O) groups excluding carboxylic acids is 1. The lowest BCUT2D eigenvalue weighted by Gasteiger charge is -2.21. The highest BCUT2D eigenvalue weighted by Crippen LogP contribution is 2.22. The SMILES string of the molecule is CN(Cc1ccc2ccccc2c1)C(=O)[C@@H]1CC[C@H](CN)O1.Cl. The molecule has 2 N–H and O–H groups in total. The van der Waals surface area contributed by atoms with Gasteiger partial charge in [0.25, 0.3) is 5.91 Å². The van der Waals surface area contributed by atoms with E-state index in [1.165, 1.54) is 10.8 Å². The van der Waals surface area contributed by atoms with E-state index in [4.69, 9.17) is 10.5 Å². The number of halogens is 1. The largest absolute Gasteiger partial charge is 0.364 e. The molecule has 0 radical (unpaired) electrons. The first kappa shape index (κ1) is 17.7. The van der Waals surface area contributed by atoms with Gasteiger partial charge in [-0.25, -0.2) is 0 Å². The normalized spacial score (nSPS) is 20.3. The zero-order valence-electron chi connectivity index (χ0n) is 13.3. The molecule has 0 bridgehead atoms. The third-order valence-corrected chi connectivity index (χ3v) is 4.26. The Kier molecular flexibility index (Phi) is 5.99. The molecule has 23 heavy (non-hydrogen) atoms. The molecule has 2 aromatic carbocycles. The average Bonchev–Trinajstić information content (AvgIpc) is 3.03. The number of hydrogen-bond donors (Lipinski definition) is 1. The number of nitrogens with zero attached hydrogens (tertiary/aromatic N) is 1. The quantitative estimate of drug-likeness (QED) is 0.935. The molecule has 1 amide bonds. The highest BCUT2D eigenvalue weighted by molar-refractivity contribution is 5.85. The molecule has 5 heteroatoms. The van der Waals surface area contributed by atoms with Crippen molar-refractivity contribution in [2.75, 3.05) is 13.6 Å². The van der Waals surface area contributed by atoms with Crippen LogP contribution in [0.1, 0.15) is 18.4 Å². The predicted molar refractivity (Wildman–Crippen MR) is 94.6 cm³/mol. The highest BCUT2D eigenvalue weighted by atomic mass is 35.5. The first-order valence-corrected chi connectivity index (χ1v) is 7.75. The smallest absolute Gasteiger partial charge is 0.251 e. The van der Waals surface area contributed by atoms with Crippen molar-refractivity contribution in [2.45, 2.75) is 31.6 Å². The predicted octanol–water partition coefficient (Wildman–Crippen LogP) is 2.73. The molecule has 0 unspecified atom stereocenters. The number of rotatable bonds is 4. The second-order valence-electron chi connectivity index (χ2n) is 5.94. The summed E-state index contributed by atoms with van der Waals surface area (Å²) >= 11 is 0. The molecule has 1 saturated heterocycles. The molecule has 0 saturated carbocycles. The summed E-state index contributed by atoms with van der Waals surface area (Å²) in [6.07, 6.45) is 1.33. The number of ether oxygens (including phenoxy) is 1. The monoisotopic (exact) mass is 334 g/mol. The minimum absolute atomic E-state index is 0. The Hall–Kier alpha value is -1.62. The maximum atomic E-state index is 12.4. The van der Waals surface area contributed by atoms with Gasteiger partial charge in [0.05, 0.1) is 6.10 Å². The van der Waals surface area contributed by atoms with Gasteiger partial charge in [0.15, 0.2) is 0 Å². The van der Waals surface area contributed by atoms with Gasteiger partial charge in [0.1, 0.15) is 6.10 Å². The Morgan fingerprint density at radius 2 is 1.96 bits per heavy atom. The topological polar surface area (TPSA) is 55.6 Å². The van der Waals surface area contributed by atoms with Crippen LogP contribution in [-0.4, -0.2) is 36.6 Å². The van der Waals surface area contributed by atoms with E-state index in [1.54, 1.807) is 4.90 Å². The van der Waals surface area contributed by atoms with Crippen LogP contribution in [0.2, 0.25) is 0 Å². The van der Waals surface area contributed by atoms with Crippen molar-refractivity contribution in [1.29, 1.82) is 0 Å². The van der Waals surface area contributed by atoms with Crippen molar-refractivity contribution in [3.05, 3.63) is 48.0 Å². The molecule has 0 aliphatic carbocycles. The van der Waals surface area contributed by atoms with Crippen LogP contribution in [0.25, 0.3) is 10.8 Å². The molecule has 4 nitrogen and oxygen atoms in total. The van der Waals surface area contributed by atoms with Gasteiger partial charge in [-0.05, 0) is 35.2 Å². The minimum Gasteiger partial charge on any atom is -0.364 e. The number of fused-ring (bicyclic) bond motifs is 1. The van der Waals surface area contributed by atoms with E-state index >= 15 is 0 Å². The summed E-state index contributed by atoms with van der Waals surface area (Å²) in [7, 11) is 1.83. The Morgan fingerprint density at radius 1 is 1.22 bits per heavy atom. The summed E-state index contributed by atoms with van der Waals surface area (Å²) in [6.45, 7) is 1.08. The maximum absolute atomic E-state index is 12.4. The molecule has 1 fully saturated rings. The third-order valence-electron chi connectivity index (χ3n) is 4.26. The van der Waals surface area contributed by atoms with Crippen LogP contribution >= 0.6 is 12.4 Å². The summed E-state index contributed by atoms with van der Waals surface area (Å²) in [6, 6.07) is 14.5. The van der Waals surface area contributed by atoms with Crippen molar-refractivity contribution in [3.63, 3.8) is 0 Å². The van der Waals surface area contributed by atoms with Gasteiger partial charge in [-0.3, -0.25) is 4.79 Å². The Morgan fingerprint density at radius 3 is 2.65 bits per heavy atom. The molecule has 0 spiro atoms. The molecule has 2 atom stereocenters. The van der Waals surface area contributed by atoms with Crippen LogP contribution in [0.5, 0.6) is 0 Å². The van der Waals surface area contributed by atoms with Crippen LogP contribution in [0.4, 0.5) is 0 Å². The molecule has 1 aliphatic heterocycles. The summed E-state index contributed by atoms with van der Waals surface area (Å²) in [5.74, 6) is 0.0455. The zero-order valence-corrected chi connectivity index (χ0v) is 14.1. The Bertz CT molecular complexity index is 677. The molecule has 2 aromatic rings.